The van der Waals surface area contributed by atoms with Gasteiger partial charge in [0.05, 0.1) is 6.54 Å². The van der Waals surface area contributed by atoms with Crippen LogP contribution in [0.2, 0.25) is 0 Å². The summed E-state index contributed by atoms with van der Waals surface area (Å²) >= 11 is 0. The van der Waals surface area contributed by atoms with Crippen molar-refractivity contribution in [1.29, 1.82) is 0 Å². The maximum absolute atomic E-state index is 8.89. The van der Waals surface area contributed by atoms with E-state index in [4.69, 9.17) is 19.8 Å². The number of carboxylic acid groups (broad SMARTS) is 2. The Morgan fingerprint density at radius 2 is 1.16 bits per heavy atom. The summed E-state index contributed by atoms with van der Waals surface area (Å²) in [5, 5.41) is 20.2. The first-order valence-corrected chi connectivity index (χ1v) is 9.75. The Kier molecular flexibility index (Phi) is 28.8. The second kappa shape index (κ2) is 25.1. The molecule has 0 amide bonds. The zero-order valence-corrected chi connectivity index (χ0v) is 17.0. The molecule has 0 aromatic rings. The van der Waals surface area contributed by atoms with E-state index >= 15 is 0 Å². The largest absolute Gasteiger partial charge is 0.550 e. The fraction of sp³-hybridized carbons (Fsp3) is 0.895. The van der Waals surface area contributed by atoms with Crippen LogP contribution in [0.4, 0.5) is 0 Å². The van der Waals surface area contributed by atoms with Crippen molar-refractivity contribution in [3.05, 3.63) is 0 Å². The molecule has 1 unspecified atom stereocenters. The third-order valence-corrected chi connectivity index (χ3v) is 3.58. The first-order valence-electron chi connectivity index (χ1n) is 9.75. The number of nitrogens with two attached hydrogens (primary N) is 1. The predicted octanol–water partition coefficient (Wildman–Crippen LogP) is -0.386. The lowest BCUT2D eigenvalue weighted by molar-refractivity contribution is -0.702. The number of rotatable bonds is 13. The van der Waals surface area contributed by atoms with Crippen LogP contribution in [-0.4, -0.2) is 31.1 Å². The summed E-state index contributed by atoms with van der Waals surface area (Å²) in [6.45, 7) is 8.85. The quantitative estimate of drug-likeness (QED) is 0.433. The number of aliphatic carboxylic acids is 2. The van der Waals surface area contributed by atoms with E-state index in [2.05, 4.69) is 24.9 Å². The lowest BCUT2D eigenvalue weighted by Crippen LogP contribution is -2.93. The van der Waals surface area contributed by atoms with E-state index in [1.54, 1.807) is 0 Å². The Morgan fingerprint density at radius 1 is 0.840 bits per heavy atom. The van der Waals surface area contributed by atoms with Gasteiger partial charge in [-0.2, -0.15) is 0 Å². The van der Waals surface area contributed by atoms with Crippen molar-refractivity contribution in [1.82, 2.24) is 0 Å². The number of quaternary nitrogens is 2. The first-order chi connectivity index (χ1) is 11.8. The van der Waals surface area contributed by atoms with Gasteiger partial charge in [-0.3, -0.25) is 0 Å². The number of hydrogen-bond donors (Lipinski definition) is 2. The van der Waals surface area contributed by atoms with E-state index in [9.17, 15) is 0 Å². The van der Waals surface area contributed by atoms with E-state index in [1.807, 2.05) is 0 Å². The Bertz CT molecular complexity index is 267. The molecule has 25 heavy (non-hydrogen) atoms. The summed E-state index contributed by atoms with van der Waals surface area (Å²) in [7, 11) is 0. The lowest BCUT2D eigenvalue weighted by atomic mass is 10.1. The molecule has 0 rings (SSSR count). The van der Waals surface area contributed by atoms with E-state index in [1.165, 1.54) is 70.8 Å². The number of hydrogen-bond acceptors (Lipinski definition) is 4. The highest BCUT2D eigenvalue weighted by molar-refractivity contribution is 5.60. The topological polar surface area (TPSA) is 125 Å². The van der Waals surface area contributed by atoms with Crippen molar-refractivity contribution in [2.75, 3.05) is 13.1 Å². The first kappa shape index (κ1) is 28.7. The van der Waals surface area contributed by atoms with Crippen molar-refractivity contribution in [2.45, 2.75) is 97.9 Å². The van der Waals surface area contributed by atoms with Crippen LogP contribution in [0.25, 0.3) is 0 Å². The van der Waals surface area contributed by atoms with Crippen molar-refractivity contribution < 1.29 is 30.9 Å². The maximum atomic E-state index is 8.89. The average molecular weight is 363 g/mol. The molecule has 152 valence electrons. The summed E-state index contributed by atoms with van der Waals surface area (Å²) in [6, 6.07) is 0.716. The summed E-state index contributed by atoms with van der Waals surface area (Å²) in [5.74, 6) is -2.17. The molecule has 0 spiro atoms. The van der Waals surface area contributed by atoms with Crippen LogP contribution in [0.3, 0.4) is 0 Å². The number of carbonyl (C=O) groups is 2. The smallest absolute Gasteiger partial charge is 0.132 e. The van der Waals surface area contributed by atoms with Crippen molar-refractivity contribution in [3.63, 3.8) is 0 Å². The van der Waals surface area contributed by atoms with Crippen LogP contribution in [0.1, 0.15) is 91.9 Å². The van der Waals surface area contributed by atoms with E-state index in [-0.39, 0.29) is 0 Å². The van der Waals surface area contributed by atoms with Crippen LogP contribution in [0.15, 0.2) is 0 Å². The van der Waals surface area contributed by atoms with Gasteiger partial charge in [0.15, 0.2) is 0 Å². The molecule has 0 bridgehead atoms. The molecule has 5 N–H and O–H groups in total. The molecule has 1 atom stereocenters. The van der Waals surface area contributed by atoms with Gasteiger partial charge < -0.3 is 30.9 Å². The third-order valence-electron chi connectivity index (χ3n) is 3.58. The summed E-state index contributed by atoms with van der Waals surface area (Å²) in [6.07, 6.45) is 14.3. The zero-order chi connectivity index (χ0) is 19.9. The molecule has 0 aromatic heterocycles. The average Bonchev–Trinajstić information content (AvgIpc) is 2.51. The van der Waals surface area contributed by atoms with E-state index in [0.717, 1.165) is 20.4 Å². The second-order valence-corrected chi connectivity index (χ2v) is 6.46. The molecule has 0 aliphatic heterocycles. The molecular weight excluding hydrogens is 320 g/mol. The molecule has 0 saturated carbocycles. The van der Waals surface area contributed by atoms with Gasteiger partial charge in [-0.15, -0.1) is 0 Å². The molecule has 0 fully saturated rings. The molecule has 0 aliphatic carbocycles. The van der Waals surface area contributed by atoms with Crippen molar-refractivity contribution >= 4 is 11.9 Å². The van der Waals surface area contributed by atoms with Gasteiger partial charge in [-0.1, -0.05) is 58.3 Å². The Balaban J connectivity index is -0.000000503. The number of carbonyl (C=O) groups excluding carboxylic acids is 2. The minimum Gasteiger partial charge on any atom is -0.550 e. The normalized spacial score (nSPS) is 10.8. The van der Waals surface area contributed by atoms with Crippen LogP contribution < -0.4 is 21.3 Å². The number of unbranched alkanes of at least 4 members (excludes halogenated alkanes) is 9. The monoisotopic (exact) mass is 362 g/mol. The lowest BCUT2D eigenvalue weighted by Gasteiger charge is -2.06. The highest BCUT2D eigenvalue weighted by atomic mass is 16.4. The van der Waals surface area contributed by atoms with Gasteiger partial charge in [-0.25, -0.2) is 0 Å². The van der Waals surface area contributed by atoms with Crippen LogP contribution >= 0.6 is 0 Å². The fourth-order valence-corrected chi connectivity index (χ4v) is 2.15. The third kappa shape index (κ3) is 51.8. The molecule has 0 aliphatic rings. The highest BCUT2D eigenvalue weighted by Crippen LogP contribution is 2.09. The van der Waals surface area contributed by atoms with E-state index < -0.39 is 11.9 Å². The van der Waals surface area contributed by atoms with Gasteiger partial charge in [0.2, 0.25) is 0 Å². The van der Waals surface area contributed by atoms with Gasteiger partial charge in [0.25, 0.3) is 0 Å². The standard InChI is InChI=1S/C15H34N2.2C2H4O2/c1-3-4-5-6-7-8-9-10-11-12-13-17-15(2)14-16;2*1-2(3)4/h15,17H,3-14,16H2,1-2H3;2*1H3,(H,3,4). The van der Waals surface area contributed by atoms with Gasteiger partial charge in [0, 0.05) is 11.9 Å². The fourth-order valence-electron chi connectivity index (χ4n) is 2.15. The molecule has 0 saturated heterocycles. The summed E-state index contributed by atoms with van der Waals surface area (Å²) < 4.78 is 0. The molecule has 0 heterocycles. The Morgan fingerprint density at radius 3 is 1.48 bits per heavy atom. The van der Waals surface area contributed by atoms with Crippen molar-refractivity contribution in [3.8, 4) is 0 Å². The maximum Gasteiger partial charge on any atom is 0.132 e. The molecule has 0 radical (unpaired) electrons. The summed E-state index contributed by atoms with van der Waals surface area (Å²) in [4.78, 5) is 17.8. The van der Waals surface area contributed by atoms with Gasteiger partial charge in [0.1, 0.15) is 12.6 Å². The molecular formula is C19H42N2O4. The van der Waals surface area contributed by atoms with Gasteiger partial charge in [-0.05, 0) is 33.6 Å². The molecule has 0 aromatic carbocycles. The molecule has 6 nitrogen and oxygen atoms in total. The van der Waals surface area contributed by atoms with E-state index in [0.29, 0.717) is 6.04 Å². The SMILES string of the molecule is CC(=O)[O-].CC(=O)[O-].CCCCCCCCCCCC[NH2+]C(C)C[NH3+]. The van der Waals surface area contributed by atoms with Gasteiger partial charge >= 0.3 is 0 Å². The van der Waals surface area contributed by atoms with Crippen LogP contribution in [0.5, 0.6) is 0 Å². The predicted molar refractivity (Wildman–Crippen MR) is 97.2 cm³/mol. The minimum absolute atomic E-state index is 0.716. The second-order valence-electron chi connectivity index (χ2n) is 6.46. The number of carboxylic acids is 2. The molecule has 6 heteroatoms. The Labute approximate surface area is 154 Å². The summed E-state index contributed by atoms with van der Waals surface area (Å²) in [5.41, 5.74) is 3.92. The van der Waals surface area contributed by atoms with Crippen LogP contribution in [-0.2, 0) is 9.59 Å². The van der Waals surface area contributed by atoms with Crippen LogP contribution in [0, 0.1) is 0 Å². The highest BCUT2D eigenvalue weighted by Gasteiger charge is 2.01. The minimum atomic E-state index is -1.08. The Hall–Kier alpha value is -1.14. The van der Waals surface area contributed by atoms with Crippen molar-refractivity contribution in [2.24, 2.45) is 0 Å². The zero-order valence-electron chi connectivity index (χ0n) is 17.0.